The molecule has 7 nitrogen and oxygen atoms in total. The van der Waals surface area contributed by atoms with E-state index in [1.54, 1.807) is 0 Å². The van der Waals surface area contributed by atoms with Gasteiger partial charge in [-0.25, -0.2) is 9.67 Å². The highest BCUT2D eigenvalue weighted by molar-refractivity contribution is 6.32. The summed E-state index contributed by atoms with van der Waals surface area (Å²) in [6.45, 7) is 2.61. The van der Waals surface area contributed by atoms with Crippen LogP contribution in [-0.2, 0) is 0 Å². The van der Waals surface area contributed by atoms with Gasteiger partial charge in [0.25, 0.3) is 5.91 Å². The van der Waals surface area contributed by atoms with Crippen molar-refractivity contribution in [2.75, 3.05) is 11.9 Å². The van der Waals surface area contributed by atoms with Crippen molar-refractivity contribution >= 4 is 23.5 Å². The van der Waals surface area contributed by atoms with Crippen LogP contribution in [0.5, 0.6) is 0 Å². The minimum atomic E-state index is -0.557. The molecule has 2 rings (SSSR count). The van der Waals surface area contributed by atoms with Gasteiger partial charge in [0, 0.05) is 12.7 Å². The lowest BCUT2D eigenvalue weighted by Crippen LogP contribution is -2.10. The lowest BCUT2D eigenvalue weighted by Gasteiger charge is -2.06. The summed E-state index contributed by atoms with van der Waals surface area (Å²) in [4.78, 5) is 19.2. The van der Waals surface area contributed by atoms with Crippen LogP contribution < -0.4 is 11.1 Å². The van der Waals surface area contributed by atoms with Gasteiger partial charge in [0.15, 0.2) is 5.82 Å². The van der Waals surface area contributed by atoms with Crippen LogP contribution in [0.4, 0.5) is 5.95 Å². The molecule has 8 heteroatoms. The molecule has 0 aliphatic rings. The van der Waals surface area contributed by atoms with E-state index in [0.29, 0.717) is 23.3 Å². The Morgan fingerprint density at radius 1 is 1.56 bits per heavy atom. The minimum Gasteiger partial charge on any atom is -0.366 e. The molecule has 0 aliphatic carbocycles. The molecular formula is C10H11ClN6O. The zero-order valence-electron chi connectivity index (χ0n) is 9.59. The van der Waals surface area contributed by atoms with Crippen LogP contribution in [0.1, 0.15) is 17.3 Å². The molecule has 94 valence electrons. The van der Waals surface area contributed by atoms with Crippen LogP contribution in [-0.4, -0.2) is 32.2 Å². The van der Waals surface area contributed by atoms with Crippen LogP contribution in [0.2, 0.25) is 5.02 Å². The van der Waals surface area contributed by atoms with Crippen molar-refractivity contribution in [3.63, 3.8) is 0 Å². The average Bonchev–Trinajstić information content (AvgIpc) is 2.81. The summed E-state index contributed by atoms with van der Waals surface area (Å²) in [5.74, 6) is 0.265. The predicted molar refractivity (Wildman–Crippen MR) is 66.8 cm³/mol. The third-order valence-electron chi connectivity index (χ3n) is 2.14. The number of halogens is 1. The Morgan fingerprint density at radius 2 is 2.33 bits per heavy atom. The molecule has 0 spiro atoms. The van der Waals surface area contributed by atoms with Crippen LogP contribution in [0.3, 0.4) is 0 Å². The number of anilines is 1. The number of nitrogens with one attached hydrogen (secondary N) is 1. The molecule has 0 radical (unpaired) electrons. The number of rotatable bonds is 4. The summed E-state index contributed by atoms with van der Waals surface area (Å²) in [6, 6.07) is 0. The van der Waals surface area contributed by atoms with E-state index < -0.39 is 5.91 Å². The molecule has 0 atom stereocenters. The molecule has 0 saturated carbocycles. The van der Waals surface area contributed by atoms with Gasteiger partial charge in [0.1, 0.15) is 5.02 Å². The second-order valence-electron chi connectivity index (χ2n) is 3.43. The minimum absolute atomic E-state index is 0.287. The van der Waals surface area contributed by atoms with Crippen LogP contribution in [0.25, 0.3) is 5.82 Å². The fraction of sp³-hybridized carbons (Fsp3) is 0.200. The molecule has 0 aliphatic heterocycles. The molecule has 0 saturated heterocycles. The first kappa shape index (κ1) is 12.3. The largest absolute Gasteiger partial charge is 0.366 e. The normalized spacial score (nSPS) is 10.3. The number of amides is 1. The van der Waals surface area contributed by atoms with Gasteiger partial charge in [-0.3, -0.25) is 4.79 Å². The summed E-state index contributed by atoms with van der Waals surface area (Å²) in [6.07, 6.45) is 4.29. The molecule has 2 aromatic rings. The van der Waals surface area contributed by atoms with Crippen molar-refractivity contribution in [1.29, 1.82) is 0 Å². The monoisotopic (exact) mass is 266 g/mol. The van der Waals surface area contributed by atoms with E-state index in [0.717, 1.165) is 0 Å². The Labute approximate surface area is 108 Å². The maximum Gasteiger partial charge on any atom is 0.251 e. The van der Waals surface area contributed by atoms with E-state index in [4.69, 9.17) is 17.3 Å². The van der Waals surface area contributed by atoms with E-state index in [1.165, 1.54) is 23.3 Å². The second kappa shape index (κ2) is 5.01. The van der Waals surface area contributed by atoms with Gasteiger partial charge >= 0.3 is 0 Å². The summed E-state index contributed by atoms with van der Waals surface area (Å²) in [5.41, 5.74) is 5.44. The Hall–Kier alpha value is -2.15. The number of carbonyl (C=O) groups is 1. The summed E-state index contributed by atoms with van der Waals surface area (Å²) in [5, 5.41) is 7.27. The molecule has 0 aromatic carbocycles. The quantitative estimate of drug-likeness (QED) is 0.855. The number of aromatic nitrogens is 4. The van der Waals surface area contributed by atoms with Crippen molar-refractivity contribution in [3.05, 3.63) is 29.2 Å². The SMILES string of the molecule is CCNc1ncc(Cl)c(-n2cc(C(N)=O)cn2)n1. The molecule has 3 N–H and O–H groups in total. The Kier molecular flexibility index (Phi) is 3.42. The Bertz CT molecular complexity index is 581. The highest BCUT2D eigenvalue weighted by Crippen LogP contribution is 2.18. The maximum absolute atomic E-state index is 11.0. The van der Waals surface area contributed by atoms with Gasteiger partial charge < -0.3 is 11.1 Å². The second-order valence-corrected chi connectivity index (χ2v) is 3.84. The zero-order valence-corrected chi connectivity index (χ0v) is 10.3. The zero-order chi connectivity index (χ0) is 13.1. The highest BCUT2D eigenvalue weighted by Gasteiger charge is 2.11. The first-order valence-electron chi connectivity index (χ1n) is 5.23. The third-order valence-corrected chi connectivity index (χ3v) is 2.41. The van der Waals surface area contributed by atoms with Crippen molar-refractivity contribution in [2.45, 2.75) is 6.92 Å². The van der Waals surface area contributed by atoms with Crippen LogP contribution in [0.15, 0.2) is 18.6 Å². The molecule has 0 bridgehead atoms. The number of hydrogen-bond donors (Lipinski definition) is 2. The smallest absolute Gasteiger partial charge is 0.251 e. The van der Waals surface area contributed by atoms with Crippen molar-refractivity contribution in [2.24, 2.45) is 5.73 Å². The molecule has 2 aromatic heterocycles. The van der Waals surface area contributed by atoms with E-state index in [1.807, 2.05) is 6.92 Å². The van der Waals surface area contributed by atoms with Crippen molar-refractivity contribution in [1.82, 2.24) is 19.7 Å². The first-order valence-corrected chi connectivity index (χ1v) is 5.61. The fourth-order valence-electron chi connectivity index (χ4n) is 1.33. The summed E-state index contributed by atoms with van der Waals surface area (Å²) >= 11 is 5.99. The van der Waals surface area contributed by atoms with Gasteiger partial charge in [-0.2, -0.15) is 10.1 Å². The van der Waals surface area contributed by atoms with E-state index in [2.05, 4.69) is 20.4 Å². The highest BCUT2D eigenvalue weighted by atomic mass is 35.5. The Morgan fingerprint density at radius 3 is 2.94 bits per heavy atom. The standard InChI is InChI=1S/C10H11ClN6O/c1-2-13-10-14-4-7(11)9(16-10)17-5-6(3-15-17)8(12)18/h3-5H,2H2,1H3,(H2,12,18)(H,13,14,16). The predicted octanol–water partition coefficient (Wildman–Crippen LogP) is 0.846. The summed E-state index contributed by atoms with van der Waals surface area (Å²) < 4.78 is 1.38. The lowest BCUT2D eigenvalue weighted by molar-refractivity contribution is 0.100. The maximum atomic E-state index is 11.0. The molecular weight excluding hydrogens is 256 g/mol. The van der Waals surface area contributed by atoms with Gasteiger partial charge in [-0.05, 0) is 6.92 Å². The van der Waals surface area contributed by atoms with E-state index in [9.17, 15) is 4.79 Å². The molecule has 1 amide bonds. The van der Waals surface area contributed by atoms with E-state index >= 15 is 0 Å². The number of nitrogens with two attached hydrogens (primary N) is 1. The van der Waals surface area contributed by atoms with Crippen molar-refractivity contribution < 1.29 is 4.79 Å². The van der Waals surface area contributed by atoms with Gasteiger partial charge in [0.2, 0.25) is 5.95 Å². The molecule has 0 fully saturated rings. The van der Waals surface area contributed by atoms with Crippen molar-refractivity contribution in [3.8, 4) is 5.82 Å². The number of hydrogen-bond acceptors (Lipinski definition) is 5. The van der Waals surface area contributed by atoms with Gasteiger partial charge in [-0.15, -0.1) is 0 Å². The lowest BCUT2D eigenvalue weighted by atomic mass is 10.3. The molecule has 0 unspecified atom stereocenters. The fourth-order valence-corrected chi connectivity index (χ4v) is 1.51. The number of primary amides is 1. The third kappa shape index (κ3) is 2.40. The van der Waals surface area contributed by atoms with E-state index in [-0.39, 0.29) is 5.56 Å². The van der Waals surface area contributed by atoms with Crippen LogP contribution in [0, 0.1) is 0 Å². The molecule has 18 heavy (non-hydrogen) atoms. The topological polar surface area (TPSA) is 98.7 Å². The van der Waals surface area contributed by atoms with Crippen LogP contribution >= 0.6 is 11.6 Å². The average molecular weight is 267 g/mol. The number of nitrogens with zero attached hydrogens (tertiary/aromatic N) is 4. The van der Waals surface area contributed by atoms with Gasteiger partial charge in [-0.1, -0.05) is 11.6 Å². The van der Waals surface area contributed by atoms with Gasteiger partial charge in [0.05, 0.1) is 18.0 Å². The summed E-state index contributed by atoms with van der Waals surface area (Å²) in [7, 11) is 0. The Balaban J connectivity index is 2.41. The molecule has 2 heterocycles. The first-order chi connectivity index (χ1) is 8.61. The number of carbonyl (C=O) groups excluding carboxylic acids is 1.